The summed E-state index contributed by atoms with van der Waals surface area (Å²) in [5, 5.41) is 3.50. The summed E-state index contributed by atoms with van der Waals surface area (Å²) in [4.78, 5) is 0. The van der Waals surface area contributed by atoms with Crippen molar-refractivity contribution in [3.05, 3.63) is 9.90 Å². The van der Waals surface area contributed by atoms with Gasteiger partial charge in [-0.2, -0.15) is 46.9 Å². The van der Waals surface area contributed by atoms with Gasteiger partial charge in [0.25, 0.3) is 0 Å². The fourth-order valence-corrected chi connectivity index (χ4v) is 3.78. The van der Waals surface area contributed by atoms with Gasteiger partial charge in [0.1, 0.15) is 19.7 Å². The average molecular weight is 351 g/mol. The normalized spacial score (nSPS) is 13.9. The molecule has 0 N–H and O–H groups in total. The molecule has 0 aliphatic rings. The van der Waals surface area contributed by atoms with E-state index in [1.165, 1.54) is 0 Å². The molecule has 0 amide bonds. The van der Waals surface area contributed by atoms with Crippen LogP contribution < -0.4 is 0 Å². The number of hydrogen-bond donors (Lipinski definition) is 0. The summed E-state index contributed by atoms with van der Waals surface area (Å²) in [7, 11) is -9.54. The summed E-state index contributed by atoms with van der Waals surface area (Å²) in [6.45, 7) is 0.557. The highest BCUT2D eigenvalue weighted by atomic mass is 32.3. The van der Waals surface area contributed by atoms with E-state index in [1.807, 2.05) is 0 Å². The van der Waals surface area contributed by atoms with Gasteiger partial charge in [-0.1, -0.05) is 11.5 Å². The van der Waals surface area contributed by atoms with Crippen LogP contribution in [-0.2, 0) is 19.7 Å². The quantitative estimate of drug-likeness (QED) is 0.577. The van der Waals surface area contributed by atoms with Gasteiger partial charge in [-0.3, -0.25) is 16.8 Å². The van der Waals surface area contributed by atoms with Crippen LogP contribution in [0.25, 0.3) is 5.32 Å². The Morgan fingerprint density at radius 1 is 0.850 bits per heavy atom. The van der Waals surface area contributed by atoms with E-state index < -0.39 is 41.7 Å². The first-order chi connectivity index (χ1) is 8.61. The molecule has 20 heavy (non-hydrogen) atoms. The molecular weight excluding hydrogens is 340 g/mol. The lowest BCUT2D eigenvalue weighted by Gasteiger charge is -2.30. The van der Waals surface area contributed by atoms with Crippen LogP contribution in [0.1, 0.15) is 13.3 Å². The van der Waals surface area contributed by atoms with Gasteiger partial charge < -0.3 is 5.32 Å². The van der Waals surface area contributed by atoms with Crippen LogP contribution in [0.15, 0.2) is 0 Å². The summed E-state index contributed by atoms with van der Waals surface area (Å²) >= 11 is 0. The predicted octanol–water partition coefficient (Wildman–Crippen LogP) is 2.37. The van der Waals surface area contributed by atoms with Gasteiger partial charge in [0.05, 0.1) is 0 Å². The molecule has 0 saturated carbocycles. The van der Waals surface area contributed by atoms with Gasteiger partial charge in [-0.05, 0) is 0 Å². The fraction of sp³-hybridized carbons (Fsp3) is 0.857. The first-order valence-corrected chi connectivity index (χ1v) is 7.54. The van der Waals surface area contributed by atoms with Crippen molar-refractivity contribution in [3.63, 3.8) is 0 Å². The Labute approximate surface area is 112 Å². The summed E-state index contributed by atoms with van der Waals surface area (Å²) < 4.78 is 112. The van der Waals surface area contributed by atoms with Crippen molar-refractivity contribution in [1.82, 2.24) is 0 Å². The Balaban J connectivity index is 0. The van der Waals surface area contributed by atoms with Crippen molar-refractivity contribution in [3.8, 4) is 0 Å². The molecule has 0 aromatic heterocycles. The molecule has 0 aromatic rings. The summed E-state index contributed by atoms with van der Waals surface area (Å²) in [5.41, 5.74) is -12.2. The van der Waals surface area contributed by atoms with Crippen LogP contribution in [0.3, 0.4) is 0 Å². The Kier molecular flexibility index (Phi) is 7.54. The van der Waals surface area contributed by atoms with Crippen molar-refractivity contribution < 1.29 is 43.2 Å². The van der Waals surface area contributed by atoms with E-state index >= 15 is 0 Å². The zero-order valence-corrected chi connectivity index (χ0v) is 12.0. The second-order valence-electron chi connectivity index (χ2n) is 3.07. The molecule has 0 rings (SSSR count). The molecule has 0 aliphatic carbocycles. The topological polar surface area (TPSA) is 82.4 Å². The van der Waals surface area contributed by atoms with Crippen molar-refractivity contribution in [2.24, 2.45) is 0 Å². The zero-order chi connectivity index (χ0) is 17.0. The average Bonchev–Trinajstić information content (AvgIpc) is 2.14. The number of nitrogens with zero attached hydrogens (tertiary/aromatic N) is 1. The lowest BCUT2D eigenvalue weighted by Crippen LogP contribution is -2.39. The molecule has 13 heteroatoms. The molecule has 124 valence electrons. The van der Waals surface area contributed by atoms with Gasteiger partial charge in [0.15, 0.2) is 0 Å². The lowest BCUT2D eigenvalue weighted by atomic mass is 10.6. The highest BCUT2D eigenvalue weighted by Crippen LogP contribution is 2.41. The maximum absolute atomic E-state index is 11.9. The molecule has 0 fully saturated rings. The number of hydrogen-bond acceptors (Lipinski definition) is 4. The van der Waals surface area contributed by atoms with Crippen molar-refractivity contribution in [2.45, 2.75) is 24.4 Å². The molecule has 0 unspecified atom stereocenters. The van der Waals surface area contributed by atoms with E-state index in [9.17, 15) is 43.2 Å². The molecule has 0 saturated heterocycles. The molecular formula is C7H11F6NO4S2-2. The highest BCUT2D eigenvalue weighted by Gasteiger charge is 2.53. The van der Waals surface area contributed by atoms with Crippen LogP contribution in [-0.4, -0.2) is 41.9 Å². The third-order valence-electron chi connectivity index (χ3n) is 1.50. The van der Waals surface area contributed by atoms with Gasteiger partial charge in [0.2, 0.25) is 0 Å². The van der Waals surface area contributed by atoms with E-state index in [-0.39, 0.29) is 0 Å². The van der Waals surface area contributed by atoms with Crippen LogP contribution in [0.5, 0.6) is 0 Å². The van der Waals surface area contributed by atoms with E-state index in [2.05, 4.69) is 5.32 Å². The Morgan fingerprint density at radius 2 is 1.05 bits per heavy atom. The van der Waals surface area contributed by atoms with Crippen LogP contribution >= 0.6 is 0 Å². The highest BCUT2D eigenvalue weighted by molar-refractivity contribution is 8.13. The van der Waals surface area contributed by atoms with Crippen LogP contribution in [0, 0.1) is 4.58 Å². The summed E-state index contributed by atoms with van der Waals surface area (Å²) in [6.07, 6.45) is -1.44. The van der Waals surface area contributed by atoms with Crippen molar-refractivity contribution in [2.75, 3.05) is 14.1 Å². The molecule has 0 aromatic carbocycles. The largest absolute Gasteiger partial charge is 0.668 e. The van der Waals surface area contributed by atoms with Crippen LogP contribution in [0.2, 0.25) is 0 Å². The minimum absolute atomic E-state index is 0.557. The maximum Gasteiger partial charge on any atom is 0.469 e. The fourth-order valence-electron chi connectivity index (χ4n) is 0.783. The standard InChI is InChI=1S/C5H5F6O4S2.C2H6N/c1-2-3(16(12,13)4(6,7)8)17(14,15)5(9,10)11;1-3-2/h2H2,1H3;1-2H3/q2*-1. The molecule has 0 spiro atoms. The molecule has 5 nitrogen and oxygen atoms in total. The molecule has 0 atom stereocenters. The third kappa shape index (κ3) is 4.77. The first kappa shape index (κ1) is 21.7. The maximum atomic E-state index is 11.9. The second kappa shape index (κ2) is 6.93. The predicted molar refractivity (Wildman–Crippen MR) is 58.7 cm³/mol. The monoisotopic (exact) mass is 351 g/mol. The van der Waals surface area contributed by atoms with E-state index in [1.54, 1.807) is 14.1 Å². The van der Waals surface area contributed by atoms with Crippen molar-refractivity contribution >= 4 is 19.7 Å². The smallest absolute Gasteiger partial charge is 0.469 e. The SMILES string of the molecule is CC[C-](S(=O)(=O)C(F)(F)F)S(=O)(=O)C(F)(F)F.C[N-]C. The van der Waals surface area contributed by atoms with Gasteiger partial charge in [0, 0.05) is 0 Å². The van der Waals surface area contributed by atoms with E-state index in [0.717, 1.165) is 0 Å². The molecule has 0 heterocycles. The van der Waals surface area contributed by atoms with Gasteiger partial charge in [-0.15, -0.1) is 0 Å². The molecule has 0 bridgehead atoms. The third-order valence-corrected chi connectivity index (χ3v) is 5.81. The Hall–Kier alpha value is -0.560. The molecule has 0 aliphatic heterocycles. The summed E-state index contributed by atoms with van der Waals surface area (Å²) in [5.74, 6) is 0. The van der Waals surface area contributed by atoms with Gasteiger partial charge in [-0.25, -0.2) is 0 Å². The number of rotatable bonds is 3. The number of alkyl halides is 6. The minimum Gasteiger partial charge on any atom is -0.668 e. The van der Waals surface area contributed by atoms with E-state index in [4.69, 9.17) is 0 Å². The lowest BCUT2D eigenvalue weighted by molar-refractivity contribution is -0.0455. The summed E-state index contributed by atoms with van der Waals surface area (Å²) in [6, 6.07) is 0. The number of sulfone groups is 2. The molecule has 0 radical (unpaired) electrons. The minimum atomic E-state index is -6.52. The van der Waals surface area contributed by atoms with Gasteiger partial charge >= 0.3 is 11.0 Å². The van der Waals surface area contributed by atoms with E-state index in [0.29, 0.717) is 6.92 Å². The Bertz CT molecular complexity index is 448. The van der Waals surface area contributed by atoms with Crippen LogP contribution in [0.4, 0.5) is 26.3 Å². The Morgan fingerprint density at radius 3 is 1.15 bits per heavy atom. The number of halogens is 6. The second-order valence-corrected chi connectivity index (χ2v) is 7.25. The van der Waals surface area contributed by atoms with Crippen molar-refractivity contribution in [1.29, 1.82) is 0 Å². The zero-order valence-electron chi connectivity index (χ0n) is 10.4. The first-order valence-electron chi connectivity index (χ1n) is 4.57.